The van der Waals surface area contributed by atoms with Gasteiger partial charge in [0.25, 0.3) is 0 Å². The third-order valence-corrected chi connectivity index (χ3v) is 5.84. The van der Waals surface area contributed by atoms with Crippen LogP contribution in [-0.4, -0.2) is 58.8 Å². The number of aryl methyl sites for hydroxylation is 2. The van der Waals surface area contributed by atoms with Crippen LogP contribution in [0.2, 0.25) is 0 Å². The molecule has 0 saturated heterocycles. The molecule has 0 saturated carbocycles. The van der Waals surface area contributed by atoms with E-state index in [1.54, 1.807) is 20.5 Å². The maximum atomic E-state index is 12.4. The van der Waals surface area contributed by atoms with Crippen LogP contribution in [0.5, 0.6) is 5.75 Å². The molecule has 10 heteroatoms. The fourth-order valence-electron chi connectivity index (χ4n) is 4.01. The maximum Gasteiger partial charge on any atom is 0.244 e. The molecule has 34 heavy (non-hydrogen) atoms. The molecule has 2 aromatic heterocycles. The van der Waals surface area contributed by atoms with Gasteiger partial charge in [-0.3, -0.25) is 4.79 Å². The van der Waals surface area contributed by atoms with Crippen LogP contribution in [0.1, 0.15) is 31.7 Å². The van der Waals surface area contributed by atoms with E-state index in [4.69, 9.17) is 14.5 Å². The summed E-state index contributed by atoms with van der Waals surface area (Å²) in [6, 6.07) is 5.80. The molecule has 1 aliphatic heterocycles. The number of hydrogen-bond acceptors (Lipinski definition) is 8. The molecule has 1 unspecified atom stereocenters. The number of carbonyl (C=O) groups excluding carboxylic acids is 1. The number of amides is 1. The Morgan fingerprint density at radius 2 is 2.06 bits per heavy atom. The number of aromatic nitrogens is 4. The molecule has 1 amide bonds. The van der Waals surface area contributed by atoms with Gasteiger partial charge in [-0.1, -0.05) is 13.8 Å². The van der Waals surface area contributed by atoms with Crippen molar-refractivity contribution in [3.8, 4) is 11.4 Å². The number of rotatable bonds is 9. The Labute approximate surface area is 199 Å². The zero-order valence-electron chi connectivity index (χ0n) is 20.3. The zero-order valence-corrected chi connectivity index (χ0v) is 20.3. The molecule has 3 heterocycles. The molecular weight excluding hydrogens is 434 g/mol. The number of nitrogens with one attached hydrogen (secondary N) is 2. The zero-order chi connectivity index (χ0) is 24.2. The summed E-state index contributed by atoms with van der Waals surface area (Å²) in [7, 11) is 3.32. The fraction of sp³-hybridized carbons (Fsp3) is 0.417. The Morgan fingerprint density at radius 3 is 2.71 bits per heavy atom. The molecule has 0 bridgehead atoms. The number of anilines is 4. The average Bonchev–Trinajstić information content (AvgIpc) is 3.28. The minimum Gasteiger partial charge on any atom is -0.494 e. The van der Waals surface area contributed by atoms with E-state index in [0.717, 1.165) is 29.2 Å². The van der Waals surface area contributed by atoms with Crippen molar-refractivity contribution in [1.29, 1.82) is 0 Å². The summed E-state index contributed by atoms with van der Waals surface area (Å²) in [6.07, 6.45) is 5.18. The normalized spacial score (nSPS) is 13.9. The Kier molecular flexibility index (Phi) is 6.97. The molecule has 4 rings (SSSR count). The first-order valence-electron chi connectivity index (χ1n) is 11.4. The van der Waals surface area contributed by atoms with Crippen molar-refractivity contribution in [1.82, 2.24) is 19.5 Å². The molecular formula is C24H31N7O3. The van der Waals surface area contributed by atoms with E-state index in [9.17, 15) is 4.79 Å². The summed E-state index contributed by atoms with van der Waals surface area (Å²) in [4.78, 5) is 28.1. The first-order chi connectivity index (χ1) is 16.4. The van der Waals surface area contributed by atoms with Crippen molar-refractivity contribution in [2.75, 3.05) is 42.8 Å². The van der Waals surface area contributed by atoms with Crippen LogP contribution in [0.25, 0.3) is 5.69 Å². The fourth-order valence-corrected chi connectivity index (χ4v) is 4.01. The highest BCUT2D eigenvalue weighted by molar-refractivity contribution is 6.01. The van der Waals surface area contributed by atoms with Gasteiger partial charge >= 0.3 is 0 Å². The van der Waals surface area contributed by atoms with E-state index in [2.05, 4.69) is 27.5 Å². The molecule has 0 radical (unpaired) electrons. The van der Waals surface area contributed by atoms with Gasteiger partial charge in [-0.2, -0.15) is 4.98 Å². The number of methoxy groups -OCH3 is 2. The molecule has 1 aromatic carbocycles. The van der Waals surface area contributed by atoms with Gasteiger partial charge in [0.05, 0.1) is 43.2 Å². The van der Waals surface area contributed by atoms with Crippen molar-refractivity contribution in [3.63, 3.8) is 0 Å². The molecule has 1 aliphatic rings. The largest absolute Gasteiger partial charge is 0.494 e. The number of ether oxygens (including phenoxy) is 2. The van der Waals surface area contributed by atoms with Crippen LogP contribution in [0.15, 0.2) is 30.7 Å². The van der Waals surface area contributed by atoms with Crippen LogP contribution in [0, 0.1) is 6.92 Å². The Bertz CT molecular complexity index is 1170. The van der Waals surface area contributed by atoms with Crippen molar-refractivity contribution < 1.29 is 14.3 Å². The average molecular weight is 466 g/mol. The number of carbonyl (C=O) groups is 1. The number of benzene rings is 1. The van der Waals surface area contributed by atoms with E-state index < -0.39 is 0 Å². The second kappa shape index (κ2) is 10.1. The Balaban J connectivity index is 1.67. The number of hydrogen-bond donors (Lipinski definition) is 2. The Morgan fingerprint density at radius 1 is 1.24 bits per heavy atom. The van der Waals surface area contributed by atoms with Gasteiger partial charge in [0.2, 0.25) is 11.9 Å². The standard InChI is InChI=1S/C24H31N7O3/c1-6-17(33-4)12-30-13-21(32)28-22-18(7-2)27-24(29-23(22)30)26-16-8-9-19(20(10-16)34-5)31-11-15(3)25-14-31/h8-11,14,17H,6-7,12-13H2,1-5H3,(H,28,32)(H,26,27,29). The maximum absolute atomic E-state index is 12.4. The minimum atomic E-state index is -0.0764. The second-order valence-electron chi connectivity index (χ2n) is 8.17. The summed E-state index contributed by atoms with van der Waals surface area (Å²) in [6.45, 7) is 6.80. The van der Waals surface area contributed by atoms with Crippen molar-refractivity contribution in [2.24, 2.45) is 0 Å². The monoisotopic (exact) mass is 465 g/mol. The smallest absolute Gasteiger partial charge is 0.244 e. The number of imidazole rings is 1. The first-order valence-corrected chi connectivity index (χ1v) is 11.4. The summed E-state index contributed by atoms with van der Waals surface area (Å²) >= 11 is 0. The molecule has 10 nitrogen and oxygen atoms in total. The lowest BCUT2D eigenvalue weighted by molar-refractivity contribution is -0.115. The predicted molar refractivity (Wildman–Crippen MR) is 131 cm³/mol. The van der Waals surface area contributed by atoms with E-state index >= 15 is 0 Å². The van der Waals surface area contributed by atoms with E-state index in [-0.39, 0.29) is 18.6 Å². The van der Waals surface area contributed by atoms with Gasteiger partial charge in [-0.05, 0) is 31.9 Å². The lowest BCUT2D eigenvalue weighted by Crippen LogP contribution is -2.43. The molecule has 0 fully saturated rings. The second-order valence-corrected chi connectivity index (χ2v) is 8.17. The highest BCUT2D eigenvalue weighted by atomic mass is 16.5. The molecule has 1 atom stereocenters. The topological polar surface area (TPSA) is 106 Å². The van der Waals surface area contributed by atoms with E-state index in [1.807, 2.05) is 47.7 Å². The highest BCUT2D eigenvalue weighted by Gasteiger charge is 2.28. The SMILES string of the molecule is CCc1nc(Nc2ccc(-n3cnc(C)c3)c(OC)c2)nc2c1NC(=O)CN2CC(CC)OC. The van der Waals surface area contributed by atoms with Gasteiger partial charge in [0.1, 0.15) is 11.4 Å². The van der Waals surface area contributed by atoms with Gasteiger partial charge in [0.15, 0.2) is 5.82 Å². The van der Waals surface area contributed by atoms with E-state index in [0.29, 0.717) is 36.2 Å². The first kappa shape index (κ1) is 23.5. The predicted octanol–water partition coefficient (Wildman–Crippen LogP) is 3.47. The molecule has 3 aromatic rings. The Hall–Kier alpha value is -3.66. The summed E-state index contributed by atoms with van der Waals surface area (Å²) in [5.74, 6) is 1.76. The third kappa shape index (κ3) is 4.81. The third-order valence-electron chi connectivity index (χ3n) is 5.84. The van der Waals surface area contributed by atoms with Crippen LogP contribution in [-0.2, 0) is 16.0 Å². The number of fused-ring (bicyclic) bond motifs is 1. The van der Waals surface area contributed by atoms with Gasteiger partial charge in [-0.25, -0.2) is 9.97 Å². The minimum absolute atomic E-state index is 0.00109. The molecule has 0 spiro atoms. The highest BCUT2D eigenvalue weighted by Crippen LogP contribution is 2.34. The lowest BCUT2D eigenvalue weighted by Gasteiger charge is -2.33. The van der Waals surface area contributed by atoms with Crippen LogP contribution < -0.4 is 20.3 Å². The number of nitrogens with zero attached hydrogens (tertiary/aromatic N) is 5. The quantitative estimate of drug-likeness (QED) is 0.495. The summed E-state index contributed by atoms with van der Waals surface area (Å²) in [5, 5.41) is 6.26. The van der Waals surface area contributed by atoms with Gasteiger partial charge in [-0.15, -0.1) is 0 Å². The van der Waals surface area contributed by atoms with Gasteiger partial charge < -0.3 is 29.6 Å². The lowest BCUT2D eigenvalue weighted by atomic mass is 10.2. The van der Waals surface area contributed by atoms with Crippen molar-refractivity contribution in [3.05, 3.63) is 42.1 Å². The molecule has 0 aliphatic carbocycles. The summed E-state index contributed by atoms with van der Waals surface area (Å²) < 4.78 is 13.1. The van der Waals surface area contributed by atoms with Gasteiger partial charge in [0, 0.05) is 31.6 Å². The molecule has 180 valence electrons. The van der Waals surface area contributed by atoms with Crippen LogP contribution in [0.3, 0.4) is 0 Å². The van der Waals surface area contributed by atoms with Crippen LogP contribution in [0.4, 0.5) is 23.1 Å². The molecule has 2 N–H and O–H groups in total. The van der Waals surface area contributed by atoms with Crippen LogP contribution >= 0.6 is 0 Å². The van der Waals surface area contributed by atoms with E-state index in [1.165, 1.54) is 0 Å². The summed E-state index contributed by atoms with van der Waals surface area (Å²) in [5.41, 5.74) is 4.03. The van der Waals surface area contributed by atoms with Crippen molar-refractivity contribution in [2.45, 2.75) is 39.7 Å². The van der Waals surface area contributed by atoms with Crippen molar-refractivity contribution >= 4 is 29.0 Å².